The summed E-state index contributed by atoms with van der Waals surface area (Å²) >= 11 is 10.2. The van der Waals surface area contributed by atoms with E-state index in [4.69, 9.17) is 21.3 Å². The van der Waals surface area contributed by atoms with Gasteiger partial charge in [-0.15, -0.1) is 0 Å². The van der Waals surface area contributed by atoms with E-state index in [1.54, 1.807) is 6.20 Å². The van der Waals surface area contributed by atoms with Crippen molar-refractivity contribution in [3.05, 3.63) is 70.0 Å². The highest BCUT2D eigenvalue weighted by molar-refractivity contribution is 9.10. The number of pyridine rings is 2. The summed E-state index contributed by atoms with van der Waals surface area (Å²) in [6.07, 6.45) is 5.62. The highest BCUT2D eigenvalue weighted by atomic mass is 79.9. The van der Waals surface area contributed by atoms with Crippen molar-refractivity contribution < 1.29 is 4.74 Å². The van der Waals surface area contributed by atoms with Crippen LogP contribution in [-0.2, 0) is 4.74 Å². The third kappa shape index (κ3) is 3.02. The molecule has 4 nitrogen and oxygen atoms in total. The predicted octanol–water partition coefficient (Wildman–Crippen LogP) is 6.02. The molecule has 28 heavy (non-hydrogen) atoms. The molecule has 0 aliphatic carbocycles. The maximum atomic E-state index is 6.65. The van der Waals surface area contributed by atoms with E-state index in [0.717, 1.165) is 52.5 Å². The van der Waals surface area contributed by atoms with Crippen LogP contribution in [0.25, 0.3) is 21.9 Å². The molecule has 1 aliphatic rings. The molecular formula is C22H19BrClN3O. The second-order valence-electron chi connectivity index (χ2n) is 7.19. The van der Waals surface area contributed by atoms with Gasteiger partial charge in [0.05, 0.1) is 22.6 Å². The van der Waals surface area contributed by atoms with Crippen LogP contribution in [0.3, 0.4) is 0 Å². The van der Waals surface area contributed by atoms with Crippen LogP contribution >= 0.6 is 27.5 Å². The Morgan fingerprint density at radius 1 is 1.11 bits per heavy atom. The van der Waals surface area contributed by atoms with Crippen molar-refractivity contribution in [1.82, 2.24) is 14.5 Å². The Bertz CT molecular complexity index is 1140. The molecule has 1 atom stereocenters. The second-order valence-corrected chi connectivity index (χ2v) is 8.47. The first-order chi connectivity index (χ1) is 13.7. The van der Waals surface area contributed by atoms with Crippen LogP contribution in [0.4, 0.5) is 0 Å². The Balaban J connectivity index is 1.86. The van der Waals surface area contributed by atoms with Crippen molar-refractivity contribution in [1.29, 1.82) is 0 Å². The van der Waals surface area contributed by atoms with Crippen LogP contribution in [0.2, 0.25) is 5.15 Å². The number of aromatic nitrogens is 3. The minimum atomic E-state index is 0.142. The van der Waals surface area contributed by atoms with Crippen molar-refractivity contribution in [2.75, 3.05) is 13.2 Å². The molecule has 3 aromatic heterocycles. The fourth-order valence-electron chi connectivity index (χ4n) is 4.39. The quantitative estimate of drug-likeness (QED) is 0.354. The molecule has 4 aromatic rings. The zero-order valence-electron chi connectivity index (χ0n) is 15.2. The SMILES string of the molecule is Clc1nccc2c3ncc(Br)cc3n([C@H](c3ccccc3)C3CCOCC3)c12. The van der Waals surface area contributed by atoms with Gasteiger partial charge in [0.25, 0.3) is 0 Å². The van der Waals surface area contributed by atoms with Gasteiger partial charge in [0.1, 0.15) is 0 Å². The average molecular weight is 457 g/mol. The number of hydrogen-bond donors (Lipinski definition) is 0. The monoisotopic (exact) mass is 455 g/mol. The standard InChI is InChI=1S/C22H19BrClN3O/c23-16-12-18-19(26-13-16)17-6-9-25-22(24)21(17)27(18)20(14-4-2-1-3-5-14)15-7-10-28-11-8-15/h1-6,9,12-13,15,20H,7-8,10-11H2/t20-/m1/s1. The second kappa shape index (κ2) is 7.47. The predicted molar refractivity (Wildman–Crippen MR) is 116 cm³/mol. The Labute approximate surface area is 176 Å². The maximum absolute atomic E-state index is 6.65. The van der Waals surface area contributed by atoms with Gasteiger partial charge >= 0.3 is 0 Å². The number of nitrogens with zero attached hydrogens (tertiary/aromatic N) is 3. The van der Waals surface area contributed by atoms with E-state index < -0.39 is 0 Å². The largest absolute Gasteiger partial charge is 0.381 e. The number of ether oxygens (including phenoxy) is 1. The molecule has 1 saturated heterocycles. The number of fused-ring (bicyclic) bond motifs is 3. The van der Waals surface area contributed by atoms with Crippen LogP contribution < -0.4 is 0 Å². The Morgan fingerprint density at radius 2 is 1.89 bits per heavy atom. The van der Waals surface area contributed by atoms with Crippen LogP contribution in [-0.4, -0.2) is 27.7 Å². The fourth-order valence-corrected chi connectivity index (χ4v) is 4.96. The molecular weight excluding hydrogens is 438 g/mol. The van der Waals surface area contributed by atoms with Gasteiger partial charge in [-0.1, -0.05) is 41.9 Å². The average Bonchev–Trinajstić information content (AvgIpc) is 3.05. The van der Waals surface area contributed by atoms with Crippen LogP contribution in [0.15, 0.2) is 59.3 Å². The molecule has 1 aliphatic heterocycles. The number of benzene rings is 1. The normalized spacial score (nSPS) is 16.6. The van der Waals surface area contributed by atoms with E-state index in [1.807, 2.05) is 12.3 Å². The van der Waals surface area contributed by atoms with Crippen molar-refractivity contribution >= 4 is 49.5 Å². The van der Waals surface area contributed by atoms with Gasteiger partial charge in [-0.05, 0) is 52.4 Å². The number of rotatable bonds is 3. The van der Waals surface area contributed by atoms with E-state index in [9.17, 15) is 0 Å². The fraction of sp³-hybridized carbons (Fsp3) is 0.273. The molecule has 6 heteroatoms. The van der Waals surface area contributed by atoms with Crippen molar-refractivity contribution in [2.45, 2.75) is 18.9 Å². The summed E-state index contributed by atoms with van der Waals surface area (Å²) in [7, 11) is 0. The molecule has 4 heterocycles. The third-order valence-corrected chi connectivity index (χ3v) is 6.31. The van der Waals surface area contributed by atoms with Crippen molar-refractivity contribution in [2.24, 2.45) is 5.92 Å². The Morgan fingerprint density at radius 3 is 2.68 bits per heavy atom. The summed E-state index contributed by atoms with van der Waals surface area (Å²) in [6, 6.07) is 14.9. The zero-order chi connectivity index (χ0) is 19.1. The lowest BCUT2D eigenvalue weighted by atomic mass is 9.86. The first kappa shape index (κ1) is 18.1. The van der Waals surface area contributed by atoms with Crippen LogP contribution in [0.5, 0.6) is 0 Å². The van der Waals surface area contributed by atoms with E-state index in [0.29, 0.717) is 11.1 Å². The molecule has 142 valence electrons. The third-order valence-electron chi connectivity index (χ3n) is 5.60. The summed E-state index contributed by atoms with van der Waals surface area (Å²) in [5, 5.41) is 1.55. The molecule has 0 saturated carbocycles. The van der Waals surface area contributed by atoms with Gasteiger partial charge in [0, 0.05) is 35.5 Å². The molecule has 5 rings (SSSR count). The summed E-state index contributed by atoms with van der Waals surface area (Å²) in [5.74, 6) is 0.449. The van der Waals surface area contributed by atoms with Gasteiger partial charge in [0.2, 0.25) is 0 Å². The molecule has 0 N–H and O–H groups in total. The molecule has 0 radical (unpaired) electrons. The van der Waals surface area contributed by atoms with Gasteiger partial charge in [-0.2, -0.15) is 0 Å². The van der Waals surface area contributed by atoms with Crippen LogP contribution in [0.1, 0.15) is 24.4 Å². The number of halogens is 2. The molecule has 0 unspecified atom stereocenters. The van der Waals surface area contributed by atoms with Gasteiger partial charge in [-0.25, -0.2) is 4.98 Å². The smallest absolute Gasteiger partial charge is 0.153 e. The molecule has 1 fully saturated rings. The van der Waals surface area contributed by atoms with E-state index in [1.165, 1.54) is 5.56 Å². The summed E-state index contributed by atoms with van der Waals surface area (Å²) in [5.41, 5.74) is 4.24. The van der Waals surface area contributed by atoms with Crippen molar-refractivity contribution in [3.63, 3.8) is 0 Å². The summed E-state index contributed by atoms with van der Waals surface area (Å²) < 4.78 is 8.95. The lowest BCUT2D eigenvalue weighted by Gasteiger charge is -2.33. The van der Waals surface area contributed by atoms with Crippen molar-refractivity contribution in [3.8, 4) is 0 Å². The van der Waals surface area contributed by atoms with Gasteiger partial charge in [0.15, 0.2) is 5.15 Å². The van der Waals surface area contributed by atoms with E-state index in [-0.39, 0.29) is 6.04 Å². The van der Waals surface area contributed by atoms with Gasteiger partial charge in [-0.3, -0.25) is 4.98 Å². The topological polar surface area (TPSA) is 39.9 Å². The minimum Gasteiger partial charge on any atom is -0.381 e. The zero-order valence-corrected chi connectivity index (χ0v) is 17.5. The maximum Gasteiger partial charge on any atom is 0.153 e. The first-order valence-electron chi connectivity index (χ1n) is 9.46. The van der Waals surface area contributed by atoms with E-state index >= 15 is 0 Å². The molecule has 0 spiro atoms. The highest BCUT2D eigenvalue weighted by Gasteiger charge is 2.30. The first-order valence-corrected chi connectivity index (χ1v) is 10.6. The minimum absolute atomic E-state index is 0.142. The molecule has 1 aromatic carbocycles. The number of hydrogen-bond acceptors (Lipinski definition) is 3. The van der Waals surface area contributed by atoms with E-state index in [2.05, 4.69) is 61.9 Å². The summed E-state index contributed by atoms with van der Waals surface area (Å²) in [4.78, 5) is 9.10. The Kier molecular flexibility index (Phi) is 4.83. The highest BCUT2D eigenvalue weighted by Crippen LogP contribution is 2.41. The van der Waals surface area contributed by atoms with Gasteiger partial charge < -0.3 is 9.30 Å². The lowest BCUT2D eigenvalue weighted by molar-refractivity contribution is 0.0553. The summed E-state index contributed by atoms with van der Waals surface area (Å²) in [6.45, 7) is 1.58. The molecule has 0 bridgehead atoms. The lowest BCUT2D eigenvalue weighted by Crippen LogP contribution is -2.27. The van der Waals surface area contributed by atoms with Crippen LogP contribution in [0, 0.1) is 5.92 Å². The Hall–Kier alpha value is -1.95. The molecule has 0 amide bonds.